The molecule has 3 aromatic carbocycles. The molecule has 11 nitrogen and oxygen atoms in total. The van der Waals surface area contributed by atoms with Crippen LogP contribution in [0.1, 0.15) is 10.4 Å². The Morgan fingerprint density at radius 1 is 1.15 bits per heavy atom. The van der Waals surface area contributed by atoms with Crippen LogP contribution in [0.4, 0.5) is 17.1 Å². The smallest absolute Gasteiger partial charge is 0.293 e. The van der Waals surface area contributed by atoms with Gasteiger partial charge in [-0.3, -0.25) is 20.2 Å². The first-order valence-corrected chi connectivity index (χ1v) is 12.6. The maximum absolute atomic E-state index is 12.8. The molecule has 1 fully saturated rings. The van der Waals surface area contributed by atoms with Crippen molar-refractivity contribution >= 4 is 63.0 Å². The van der Waals surface area contributed by atoms with E-state index in [0.717, 1.165) is 0 Å². The number of hydrogen-bond donors (Lipinski definition) is 2. The minimum atomic E-state index is -0.578. The van der Waals surface area contributed by atoms with Gasteiger partial charge in [-0.1, -0.05) is 11.6 Å². The van der Waals surface area contributed by atoms with Crippen molar-refractivity contribution in [2.45, 2.75) is 0 Å². The van der Waals surface area contributed by atoms with Gasteiger partial charge in [-0.25, -0.2) is 4.98 Å². The monoisotopic (exact) mass is 567 g/mol. The number of fused-ring (bicyclic) bond motifs is 1. The van der Waals surface area contributed by atoms with Gasteiger partial charge in [0.1, 0.15) is 17.0 Å². The van der Waals surface area contributed by atoms with Crippen molar-refractivity contribution in [1.29, 1.82) is 0 Å². The number of nitrogens with one attached hydrogen (secondary N) is 2. The largest absolute Gasteiger partial charge is 0.495 e. The highest BCUT2D eigenvalue weighted by Crippen LogP contribution is 2.32. The predicted octanol–water partition coefficient (Wildman–Crippen LogP) is 5.03. The van der Waals surface area contributed by atoms with Crippen LogP contribution in [-0.4, -0.2) is 54.3 Å². The van der Waals surface area contributed by atoms with Gasteiger partial charge < -0.3 is 24.1 Å². The molecule has 0 saturated carbocycles. The minimum Gasteiger partial charge on any atom is -0.495 e. The Labute approximate surface area is 232 Å². The second-order valence-electron chi connectivity index (χ2n) is 8.52. The quantitative estimate of drug-likeness (QED) is 0.186. The number of carbonyl (C=O) groups is 1. The summed E-state index contributed by atoms with van der Waals surface area (Å²) >= 11 is 11.5. The van der Waals surface area contributed by atoms with Gasteiger partial charge in [0.05, 0.1) is 30.3 Å². The van der Waals surface area contributed by atoms with E-state index in [9.17, 15) is 14.9 Å². The third kappa shape index (κ3) is 5.77. The molecule has 0 atom stereocenters. The molecule has 1 aliphatic rings. The molecule has 1 aromatic heterocycles. The van der Waals surface area contributed by atoms with E-state index in [2.05, 4.69) is 15.6 Å². The first-order chi connectivity index (χ1) is 18.8. The van der Waals surface area contributed by atoms with Crippen LogP contribution in [0.5, 0.6) is 5.75 Å². The molecule has 13 heteroatoms. The number of benzene rings is 3. The molecule has 0 radical (unpaired) electrons. The van der Waals surface area contributed by atoms with Crippen molar-refractivity contribution in [3.8, 4) is 17.2 Å². The molecule has 0 unspecified atom stereocenters. The molecular weight excluding hydrogens is 546 g/mol. The first kappa shape index (κ1) is 26.4. The average molecular weight is 568 g/mol. The molecule has 1 amide bonds. The highest BCUT2D eigenvalue weighted by molar-refractivity contribution is 7.80. The SMILES string of the molecule is COc1ccc(-c2nc3cc(NC(=S)NC(=O)c4ccc(N5CCOCC5)c([N+](=O)[O-])c4)ccc3o2)cc1Cl. The number of anilines is 2. The van der Waals surface area contributed by atoms with Crippen molar-refractivity contribution < 1.29 is 23.6 Å². The number of aromatic nitrogens is 1. The summed E-state index contributed by atoms with van der Waals surface area (Å²) in [5.74, 6) is 0.344. The standard InChI is InChI=1S/C26H22ClN5O6S/c1-36-22-6-3-16(12-18(22)27)25-29-19-14-17(4-7-23(19)38-25)28-26(39)30-24(33)15-2-5-20(21(13-15)32(34)35)31-8-10-37-11-9-31/h2-7,12-14H,8-11H2,1H3,(H2,28,30,33,39). The maximum Gasteiger partial charge on any atom is 0.293 e. The fourth-order valence-corrected chi connectivity index (χ4v) is 4.62. The molecule has 5 rings (SSSR count). The topological polar surface area (TPSA) is 132 Å². The highest BCUT2D eigenvalue weighted by atomic mass is 35.5. The summed E-state index contributed by atoms with van der Waals surface area (Å²) in [6.07, 6.45) is 0. The number of nitro benzene ring substituents is 1. The normalized spacial score (nSPS) is 13.2. The molecule has 1 aliphatic heterocycles. The number of nitrogens with zero attached hydrogens (tertiary/aromatic N) is 3. The Balaban J connectivity index is 1.28. The number of thiocarbonyl (C=S) groups is 1. The molecule has 0 bridgehead atoms. The van der Waals surface area contributed by atoms with E-state index in [-0.39, 0.29) is 16.4 Å². The van der Waals surface area contributed by atoms with Gasteiger partial charge in [0.2, 0.25) is 5.89 Å². The van der Waals surface area contributed by atoms with Crippen molar-refractivity contribution in [2.75, 3.05) is 43.6 Å². The number of halogens is 1. The van der Waals surface area contributed by atoms with E-state index in [1.165, 1.54) is 19.2 Å². The van der Waals surface area contributed by atoms with Gasteiger partial charge in [0.25, 0.3) is 11.6 Å². The molecule has 1 saturated heterocycles. The fourth-order valence-electron chi connectivity index (χ4n) is 4.15. The summed E-state index contributed by atoms with van der Waals surface area (Å²) in [6, 6.07) is 14.7. The second-order valence-corrected chi connectivity index (χ2v) is 9.33. The molecule has 0 aliphatic carbocycles. The van der Waals surface area contributed by atoms with Gasteiger partial charge in [0.15, 0.2) is 10.7 Å². The average Bonchev–Trinajstić information content (AvgIpc) is 3.36. The number of methoxy groups -OCH3 is 1. The molecule has 39 heavy (non-hydrogen) atoms. The zero-order valence-electron chi connectivity index (χ0n) is 20.6. The number of hydrogen-bond acceptors (Lipinski definition) is 9. The van der Waals surface area contributed by atoms with Crippen LogP contribution in [0, 0.1) is 10.1 Å². The van der Waals surface area contributed by atoms with Crippen molar-refractivity contribution in [2.24, 2.45) is 0 Å². The van der Waals surface area contributed by atoms with Crippen LogP contribution in [0.2, 0.25) is 5.02 Å². The Bertz CT molecular complexity index is 1590. The van der Waals surface area contributed by atoms with Gasteiger partial charge in [-0.05, 0) is 60.7 Å². The lowest BCUT2D eigenvalue weighted by atomic mass is 10.1. The van der Waals surface area contributed by atoms with E-state index in [0.29, 0.717) is 71.0 Å². The number of amides is 1. The Morgan fingerprint density at radius 2 is 1.95 bits per heavy atom. The number of carbonyl (C=O) groups excluding carboxylic acids is 1. The van der Waals surface area contributed by atoms with Gasteiger partial charge >= 0.3 is 0 Å². The highest BCUT2D eigenvalue weighted by Gasteiger charge is 2.23. The fraction of sp³-hybridized carbons (Fsp3) is 0.192. The van der Waals surface area contributed by atoms with E-state index < -0.39 is 10.8 Å². The number of ether oxygens (including phenoxy) is 2. The maximum atomic E-state index is 12.8. The minimum absolute atomic E-state index is 0.0184. The molecule has 4 aromatic rings. The van der Waals surface area contributed by atoms with Crippen molar-refractivity contribution in [3.05, 3.63) is 75.3 Å². The Hall–Kier alpha value is -4.26. The lowest BCUT2D eigenvalue weighted by molar-refractivity contribution is -0.384. The second kappa shape index (κ2) is 11.2. The lowest BCUT2D eigenvalue weighted by Gasteiger charge is -2.28. The van der Waals surface area contributed by atoms with Crippen LogP contribution >= 0.6 is 23.8 Å². The van der Waals surface area contributed by atoms with Gasteiger partial charge in [0, 0.05) is 36.0 Å². The van der Waals surface area contributed by atoms with Crippen LogP contribution in [-0.2, 0) is 4.74 Å². The first-order valence-electron chi connectivity index (χ1n) is 11.8. The molecule has 2 heterocycles. The molecule has 0 spiro atoms. The van der Waals surface area contributed by atoms with Gasteiger partial charge in [-0.2, -0.15) is 0 Å². The number of morpholine rings is 1. The van der Waals surface area contributed by atoms with E-state index >= 15 is 0 Å². The molecule has 2 N–H and O–H groups in total. The van der Waals surface area contributed by atoms with E-state index in [1.54, 1.807) is 42.5 Å². The summed E-state index contributed by atoms with van der Waals surface area (Å²) in [4.78, 5) is 30.4. The number of nitro groups is 1. The summed E-state index contributed by atoms with van der Waals surface area (Å²) in [5.41, 5.74) is 2.75. The van der Waals surface area contributed by atoms with Crippen LogP contribution in [0.15, 0.2) is 59.0 Å². The van der Waals surface area contributed by atoms with Crippen LogP contribution < -0.4 is 20.3 Å². The summed E-state index contributed by atoms with van der Waals surface area (Å²) in [6.45, 7) is 2.03. The zero-order chi connectivity index (χ0) is 27.5. The van der Waals surface area contributed by atoms with Crippen LogP contribution in [0.3, 0.4) is 0 Å². The number of oxazole rings is 1. The van der Waals surface area contributed by atoms with Gasteiger partial charge in [-0.15, -0.1) is 0 Å². The van der Waals surface area contributed by atoms with Crippen LogP contribution in [0.25, 0.3) is 22.6 Å². The number of rotatable bonds is 6. The molecular formula is C26H22ClN5O6S. The zero-order valence-corrected chi connectivity index (χ0v) is 22.2. The predicted molar refractivity (Wildman–Crippen MR) is 151 cm³/mol. The molecule has 200 valence electrons. The van der Waals surface area contributed by atoms with Crippen molar-refractivity contribution in [1.82, 2.24) is 10.3 Å². The third-order valence-corrected chi connectivity index (χ3v) is 6.56. The van der Waals surface area contributed by atoms with Crippen molar-refractivity contribution in [3.63, 3.8) is 0 Å². The Morgan fingerprint density at radius 3 is 2.67 bits per heavy atom. The lowest BCUT2D eigenvalue weighted by Crippen LogP contribution is -2.37. The van der Waals surface area contributed by atoms with E-state index in [4.69, 9.17) is 37.7 Å². The Kier molecular flexibility index (Phi) is 7.59. The third-order valence-electron chi connectivity index (χ3n) is 6.06. The van der Waals surface area contributed by atoms with E-state index in [1.807, 2.05) is 4.90 Å². The summed E-state index contributed by atoms with van der Waals surface area (Å²) < 4.78 is 16.3. The summed E-state index contributed by atoms with van der Waals surface area (Å²) in [5, 5.41) is 17.6. The summed E-state index contributed by atoms with van der Waals surface area (Å²) in [7, 11) is 1.54.